The molecule has 0 fully saturated rings. The third kappa shape index (κ3) is 3.37. The smallest absolute Gasteiger partial charge is 0.325 e. The number of amides is 1. The molecule has 1 amide bonds. The van der Waals surface area contributed by atoms with Crippen molar-refractivity contribution in [1.29, 1.82) is 0 Å². The van der Waals surface area contributed by atoms with E-state index in [-0.39, 0.29) is 12.5 Å². The Balaban J connectivity index is 2.29. The highest BCUT2D eigenvalue weighted by atomic mass is 16.5. The van der Waals surface area contributed by atoms with Gasteiger partial charge in [-0.15, -0.1) is 0 Å². The third-order valence-electron chi connectivity index (χ3n) is 3.17. The van der Waals surface area contributed by atoms with Gasteiger partial charge in [-0.25, -0.2) is 0 Å². The minimum Gasteiger partial charge on any atom is -0.465 e. The topological polar surface area (TPSA) is 59.5 Å². The highest BCUT2D eigenvalue weighted by Crippen LogP contribution is 2.18. The van der Waals surface area contributed by atoms with Crippen LogP contribution in [0.3, 0.4) is 0 Å². The van der Waals surface area contributed by atoms with Crippen molar-refractivity contribution in [3.8, 4) is 0 Å². The number of hydrogen-bond acceptors (Lipinski definition) is 4. The average Bonchev–Trinajstić information content (AvgIpc) is 2.51. The summed E-state index contributed by atoms with van der Waals surface area (Å²) >= 11 is 0. The van der Waals surface area contributed by atoms with Crippen molar-refractivity contribution < 1.29 is 14.3 Å². The number of nitrogens with zero attached hydrogens (tertiary/aromatic N) is 2. The summed E-state index contributed by atoms with van der Waals surface area (Å²) in [5.74, 6) is -0.588. The number of ether oxygens (including phenoxy) is 1. The zero-order valence-electron chi connectivity index (χ0n) is 12.2. The van der Waals surface area contributed by atoms with Gasteiger partial charge in [-0.1, -0.05) is 12.1 Å². The van der Waals surface area contributed by atoms with Gasteiger partial charge in [0.15, 0.2) is 0 Å². The summed E-state index contributed by atoms with van der Waals surface area (Å²) < 4.78 is 4.90. The predicted octanol–water partition coefficient (Wildman–Crippen LogP) is 2.26. The van der Waals surface area contributed by atoms with Crippen molar-refractivity contribution in [1.82, 2.24) is 9.88 Å². The predicted molar refractivity (Wildman–Crippen MR) is 80.0 cm³/mol. The molecule has 0 bridgehead atoms. The van der Waals surface area contributed by atoms with E-state index in [1.165, 1.54) is 4.90 Å². The standard InChI is InChI=1S/C16H18N2O3/c1-3-18(11-15(19)21-4-2)16(20)13-7-5-9-14-12(13)8-6-10-17-14/h5-10H,3-4,11H2,1-2H3. The summed E-state index contributed by atoms with van der Waals surface area (Å²) in [6.07, 6.45) is 1.69. The van der Waals surface area contributed by atoms with E-state index in [9.17, 15) is 9.59 Å². The summed E-state index contributed by atoms with van der Waals surface area (Å²) in [6.45, 7) is 4.28. The van der Waals surface area contributed by atoms with E-state index in [2.05, 4.69) is 4.98 Å². The van der Waals surface area contributed by atoms with Crippen molar-refractivity contribution in [2.45, 2.75) is 13.8 Å². The molecule has 2 rings (SSSR count). The number of likely N-dealkylation sites (N-methyl/N-ethyl adjacent to an activating group) is 1. The second-order valence-corrected chi connectivity index (χ2v) is 4.50. The van der Waals surface area contributed by atoms with Crippen LogP contribution >= 0.6 is 0 Å². The van der Waals surface area contributed by atoms with E-state index in [1.807, 2.05) is 19.1 Å². The lowest BCUT2D eigenvalue weighted by molar-refractivity contribution is -0.143. The maximum absolute atomic E-state index is 12.6. The molecular formula is C16H18N2O3. The Morgan fingerprint density at radius 3 is 2.71 bits per heavy atom. The van der Waals surface area contributed by atoms with Crippen molar-refractivity contribution >= 4 is 22.8 Å². The Bertz CT molecular complexity index is 650. The van der Waals surface area contributed by atoms with Crippen molar-refractivity contribution in [3.63, 3.8) is 0 Å². The van der Waals surface area contributed by atoms with E-state index >= 15 is 0 Å². The van der Waals surface area contributed by atoms with Gasteiger partial charge in [0.2, 0.25) is 0 Å². The quantitative estimate of drug-likeness (QED) is 0.791. The third-order valence-corrected chi connectivity index (χ3v) is 3.17. The monoisotopic (exact) mass is 286 g/mol. The zero-order chi connectivity index (χ0) is 15.2. The molecule has 5 heteroatoms. The molecule has 0 saturated heterocycles. The Labute approximate surface area is 123 Å². The van der Waals surface area contributed by atoms with Crippen LogP contribution in [-0.4, -0.2) is 41.5 Å². The number of esters is 1. The number of fused-ring (bicyclic) bond motifs is 1. The van der Waals surface area contributed by atoms with E-state index in [1.54, 1.807) is 31.3 Å². The van der Waals surface area contributed by atoms with Gasteiger partial charge < -0.3 is 9.64 Å². The number of benzene rings is 1. The lowest BCUT2D eigenvalue weighted by Crippen LogP contribution is -2.36. The lowest BCUT2D eigenvalue weighted by atomic mass is 10.1. The molecule has 0 N–H and O–H groups in total. The molecule has 1 aromatic heterocycles. The van der Waals surface area contributed by atoms with Gasteiger partial charge in [-0.2, -0.15) is 0 Å². The van der Waals surface area contributed by atoms with Crippen LogP contribution in [0.5, 0.6) is 0 Å². The fourth-order valence-corrected chi connectivity index (χ4v) is 2.15. The molecule has 0 unspecified atom stereocenters. The van der Waals surface area contributed by atoms with Gasteiger partial charge in [-0.05, 0) is 32.0 Å². The van der Waals surface area contributed by atoms with Crippen LogP contribution in [0.2, 0.25) is 0 Å². The molecule has 1 aromatic carbocycles. The first-order chi connectivity index (χ1) is 10.2. The highest BCUT2D eigenvalue weighted by molar-refractivity contribution is 6.06. The number of carbonyl (C=O) groups excluding carboxylic acids is 2. The summed E-state index contributed by atoms with van der Waals surface area (Å²) in [6, 6.07) is 9.04. The highest BCUT2D eigenvalue weighted by Gasteiger charge is 2.19. The van der Waals surface area contributed by atoms with Crippen LogP contribution in [0.25, 0.3) is 10.9 Å². The maximum Gasteiger partial charge on any atom is 0.325 e. The SMILES string of the molecule is CCOC(=O)CN(CC)C(=O)c1cccc2ncccc12. The number of aromatic nitrogens is 1. The second kappa shape index (κ2) is 6.83. The summed E-state index contributed by atoms with van der Waals surface area (Å²) in [5, 5.41) is 0.785. The fourth-order valence-electron chi connectivity index (χ4n) is 2.15. The van der Waals surface area contributed by atoms with Crippen LogP contribution in [0, 0.1) is 0 Å². The van der Waals surface area contributed by atoms with Crippen LogP contribution in [0.1, 0.15) is 24.2 Å². The van der Waals surface area contributed by atoms with E-state index < -0.39 is 5.97 Å². The van der Waals surface area contributed by atoms with E-state index in [0.29, 0.717) is 18.7 Å². The van der Waals surface area contributed by atoms with Gasteiger partial charge >= 0.3 is 5.97 Å². The first kappa shape index (κ1) is 15.0. The maximum atomic E-state index is 12.6. The molecule has 5 nitrogen and oxygen atoms in total. The van der Waals surface area contributed by atoms with Crippen LogP contribution in [-0.2, 0) is 9.53 Å². The van der Waals surface area contributed by atoms with Crippen LogP contribution in [0.4, 0.5) is 0 Å². The summed E-state index contributed by atoms with van der Waals surface area (Å²) in [4.78, 5) is 29.9. The van der Waals surface area contributed by atoms with Gasteiger partial charge in [0, 0.05) is 23.7 Å². The normalized spacial score (nSPS) is 10.4. The molecule has 21 heavy (non-hydrogen) atoms. The second-order valence-electron chi connectivity index (χ2n) is 4.50. The van der Waals surface area contributed by atoms with Gasteiger partial charge in [0.05, 0.1) is 12.1 Å². The summed E-state index contributed by atoms with van der Waals surface area (Å²) in [7, 11) is 0. The molecule has 0 radical (unpaired) electrons. The van der Waals surface area contributed by atoms with E-state index in [4.69, 9.17) is 4.74 Å². The molecule has 110 valence electrons. The van der Waals surface area contributed by atoms with Crippen molar-refractivity contribution in [3.05, 3.63) is 42.1 Å². The van der Waals surface area contributed by atoms with Gasteiger partial charge in [0.1, 0.15) is 6.54 Å². The van der Waals surface area contributed by atoms with Gasteiger partial charge in [0.25, 0.3) is 5.91 Å². The molecule has 1 heterocycles. The number of carbonyl (C=O) groups is 2. The van der Waals surface area contributed by atoms with E-state index in [0.717, 1.165) is 10.9 Å². The van der Waals surface area contributed by atoms with Crippen LogP contribution in [0.15, 0.2) is 36.5 Å². The molecule has 0 saturated carbocycles. The Morgan fingerprint density at radius 2 is 2.00 bits per heavy atom. The first-order valence-electron chi connectivity index (χ1n) is 6.96. The fraction of sp³-hybridized carbons (Fsp3) is 0.312. The minimum atomic E-state index is -0.397. The zero-order valence-corrected chi connectivity index (χ0v) is 12.2. The Hall–Kier alpha value is -2.43. The average molecular weight is 286 g/mol. The Morgan fingerprint density at radius 1 is 1.19 bits per heavy atom. The first-order valence-corrected chi connectivity index (χ1v) is 6.96. The van der Waals surface area contributed by atoms with Gasteiger partial charge in [-0.3, -0.25) is 14.6 Å². The number of pyridine rings is 1. The molecular weight excluding hydrogens is 268 g/mol. The van der Waals surface area contributed by atoms with Crippen LogP contribution < -0.4 is 0 Å². The minimum absolute atomic E-state index is 0.0418. The molecule has 0 spiro atoms. The van der Waals surface area contributed by atoms with Crippen molar-refractivity contribution in [2.75, 3.05) is 19.7 Å². The molecule has 2 aromatic rings. The molecule has 0 aliphatic rings. The number of rotatable bonds is 5. The largest absolute Gasteiger partial charge is 0.465 e. The Kier molecular flexibility index (Phi) is 4.87. The molecule has 0 aliphatic carbocycles. The molecule has 0 aliphatic heterocycles. The number of hydrogen-bond donors (Lipinski definition) is 0. The summed E-state index contributed by atoms with van der Waals surface area (Å²) in [5.41, 5.74) is 1.31. The lowest BCUT2D eigenvalue weighted by Gasteiger charge is -2.20. The molecule has 0 atom stereocenters. The van der Waals surface area contributed by atoms with Crippen molar-refractivity contribution in [2.24, 2.45) is 0 Å².